The molecule has 0 aliphatic carbocycles. The van der Waals surface area contributed by atoms with Crippen LogP contribution in [0.2, 0.25) is 0 Å². The molecule has 0 amide bonds. The van der Waals surface area contributed by atoms with Gasteiger partial charge in [-0.15, -0.1) is 0 Å². The number of halogens is 1. The van der Waals surface area contributed by atoms with Crippen molar-refractivity contribution in [1.82, 2.24) is 4.57 Å². The molecule has 4 rings (SSSR count). The molecule has 2 N–H and O–H groups in total. The summed E-state index contributed by atoms with van der Waals surface area (Å²) >= 11 is 1.59. The summed E-state index contributed by atoms with van der Waals surface area (Å²) in [4.78, 5) is 12.9. The number of rotatable bonds is 5. The number of pyridine rings is 1. The number of nitrogens with zero attached hydrogens (tertiary/aromatic N) is 1. The number of thiophene rings is 1. The van der Waals surface area contributed by atoms with Crippen LogP contribution in [0.1, 0.15) is 0 Å². The highest BCUT2D eigenvalue weighted by atomic mass is 32.1. The van der Waals surface area contributed by atoms with Gasteiger partial charge in [0.25, 0.3) is 5.56 Å². The van der Waals surface area contributed by atoms with Crippen LogP contribution in [-0.2, 0) is 6.54 Å². The standard InChI is InChI=1S/C22H18FNO3S/c23-17-3-1-2-15(8-17)21-11-24(10-18(26)12-25)22(27)19-5-4-14(9-20(19)21)16-6-7-28-13-16/h1-9,11,13,18,25-26H,10,12H2. The van der Waals surface area contributed by atoms with Gasteiger partial charge in [-0.05, 0) is 63.2 Å². The molecule has 6 heteroatoms. The lowest BCUT2D eigenvalue weighted by molar-refractivity contribution is 0.0805. The van der Waals surface area contributed by atoms with E-state index in [4.69, 9.17) is 5.11 Å². The zero-order chi connectivity index (χ0) is 19.7. The Morgan fingerprint density at radius 1 is 1.04 bits per heavy atom. The second-order valence-electron chi connectivity index (χ2n) is 6.62. The minimum absolute atomic E-state index is 0.0418. The van der Waals surface area contributed by atoms with E-state index >= 15 is 0 Å². The summed E-state index contributed by atoms with van der Waals surface area (Å²) in [5.41, 5.74) is 3.09. The van der Waals surface area contributed by atoms with E-state index in [1.165, 1.54) is 16.7 Å². The first-order chi connectivity index (χ1) is 13.6. The van der Waals surface area contributed by atoms with E-state index in [0.29, 0.717) is 21.9 Å². The second-order valence-corrected chi connectivity index (χ2v) is 7.40. The molecule has 2 aromatic heterocycles. The van der Waals surface area contributed by atoms with Crippen LogP contribution in [-0.4, -0.2) is 27.5 Å². The van der Waals surface area contributed by atoms with E-state index in [-0.39, 0.29) is 17.9 Å². The van der Waals surface area contributed by atoms with Gasteiger partial charge in [-0.25, -0.2) is 4.39 Å². The fraction of sp³-hybridized carbons (Fsp3) is 0.136. The molecular weight excluding hydrogens is 377 g/mol. The summed E-state index contributed by atoms with van der Waals surface area (Å²) in [5.74, 6) is -0.368. The smallest absolute Gasteiger partial charge is 0.258 e. The fourth-order valence-corrected chi connectivity index (χ4v) is 3.97. The molecule has 2 heterocycles. The first-order valence-corrected chi connectivity index (χ1v) is 9.76. The summed E-state index contributed by atoms with van der Waals surface area (Å²) in [6.07, 6.45) is 0.566. The molecule has 0 saturated heterocycles. The minimum atomic E-state index is -1.06. The largest absolute Gasteiger partial charge is 0.394 e. The molecule has 0 radical (unpaired) electrons. The molecule has 28 heavy (non-hydrogen) atoms. The molecular formula is C22H18FNO3S. The lowest BCUT2D eigenvalue weighted by atomic mass is 9.97. The van der Waals surface area contributed by atoms with Crippen molar-refractivity contribution in [3.63, 3.8) is 0 Å². The van der Waals surface area contributed by atoms with Crippen LogP contribution in [0.5, 0.6) is 0 Å². The van der Waals surface area contributed by atoms with Crippen molar-refractivity contribution in [3.8, 4) is 22.3 Å². The number of fused-ring (bicyclic) bond motifs is 1. The van der Waals surface area contributed by atoms with E-state index in [9.17, 15) is 14.3 Å². The Balaban J connectivity index is 2.00. The highest BCUT2D eigenvalue weighted by molar-refractivity contribution is 7.08. The van der Waals surface area contributed by atoms with Crippen LogP contribution in [0.4, 0.5) is 4.39 Å². The first-order valence-electron chi connectivity index (χ1n) is 8.81. The molecule has 0 saturated carbocycles. The maximum Gasteiger partial charge on any atom is 0.258 e. The summed E-state index contributed by atoms with van der Waals surface area (Å²) in [7, 11) is 0. The van der Waals surface area contributed by atoms with Gasteiger partial charge in [-0.1, -0.05) is 18.2 Å². The SMILES string of the molecule is O=c1c2ccc(-c3ccsc3)cc2c(-c2cccc(F)c2)cn1CC(O)CO. The van der Waals surface area contributed by atoms with Crippen molar-refractivity contribution >= 4 is 22.1 Å². The van der Waals surface area contributed by atoms with Crippen molar-refractivity contribution < 1.29 is 14.6 Å². The van der Waals surface area contributed by atoms with Gasteiger partial charge in [0.1, 0.15) is 5.82 Å². The van der Waals surface area contributed by atoms with Gasteiger partial charge in [-0.3, -0.25) is 4.79 Å². The Morgan fingerprint density at radius 2 is 1.89 bits per heavy atom. The predicted molar refractivity (Wildman–Crippen MR) is 110 cm³/mol. The molecule has 0 aliphatic rings. The zero-order valence-corrected chi connectivity index (χ0v) is 15.7. The Kier molecular flexibility index (Phi) is 5.09. The molecule has 0 spiro atoms. The predicted octanol–water partition coefficient (Wildman–Crippen LogP) is 3.89. The van der Waals surface area contributed by atoms with Crippen LogP contribution in [0.25, 0.3) is 33.0 Å². The summed E-state index contributed by atoms with van der Waals surface area (Å²) in [5, 5.41) is 24.2. The van der Waals surface area contributed by atoms with E-state index in [2.05, 4.69) is 0 Å². The van der Waals surface area contributed by atoms with Crippen LogP contribution < -0.4 is 5.56 Å². The van der Waals surface area contributed by atoms with Crippen molar-refractivity contribution in [3.05, 3.63) is 81.7 Å². The molecule has 1 atom stereocenters. The fourth-order valence-electron chi connectivity index (χ4n) is 3.31. The third kappa shape index (κ3) is 3.49. The lowest BCUT2D eigenvalue weighted by Crippen LogP contribution is -2.28. The van der Waals surface area contributed by atoms with Crippen LogP contribution in [0.3, 0.4) is 0 Å². The van der Waals surface area contributed by atoms with E-state index in [1.807, 2.05) is 29.0 Å². The summed E-state index contributed by atoms with van der Waals surface area (Å²) in [6.45, 7) is -0.489. The quantitative estimate of drug-likeness (QED) is 0.539. The highest BCUT2D eigenvalue weighted by Crippen LogP contribution is 2.31. The first kappa shape index (κ1) is 18.6. The van der Waals surface area contributed by atoms with Gasteiger partial charge < -0.3 is 14.8 Å². The average molecular weight is 395 g/mol. The highest BCUT2D eigenvalue weighted by Gasteiger charge is 2.14. The maximum atomic E-state index is 13.9. The number of benzene rings is 2. The van der Waals surface area contributed by atoms with Gasteiger partial charge in [0.15, 0.2) is 0 Å². The third-order valence-electron chi connectivity index (χ3n) is 4.69. The summed E-state index contributed by atoms with van der Waals surface area (Å²) < 4.78 is 15.2. The maximum absolute atomic E-state index is 13.9. The van der Waals surface area contributed by atoms with Crippen LogP contribution in [0.15, 0.2) is 70.3 Å². The molecule has 2 aromatic carbocycles. The van der Waals surface area contributed by atoms with Gasteiger partial charge in [0.05, 0.1) is 19.3 Å². The van der Waals surface area contributed by atoms with Crippen molar-refractivity contribution in [1.29, 1.82) is 0 Å². The lowest BCUT2D eigenvalue weighted by Gasteiger charge is -2.15. The molecule has 1 unspecified atom stereocenters. The monoisotopic (exact) mass is 395 g/mol. The van der Waals surface area contributed by atoms with E-state index < -0.39 is 12.7 Å². The zero-order valence-electron chi connectivity index (χ0n) is 14.9. The molecule has 142 valence electrons. The molecule has 4 nitrogen and oxygen atoms in total. The Bertz CT molecular complexity index is 1180. The number of aliphatic hydroxyl groups excluding tert-OH is 2. The van der Waals surface area contributed by atoms with Crippen molar-refractivity contribution in [2.24, 2.45) is 0 Å². The second kappa shape index (κ2) is 7.67. The van der Waals surface area contributed by atoms with Crippen molar-refractivity contribution in [2.45, 2.75) is 12.6 Å². The molecule has 0 aliphatic heterocycles. The van der Waals surface area contributed by atoms with Gasteiger partial charge in [0.2, 0.25) is 0 Å². The molecule has 0 fully saturated rings. The van der Waals surface area contributed by atoms with Crippen molar-refractivity contribution in [2.75, 3.05) is 6.61 Å². The number of aliphatic hydroxyl groups is 2. The topological polar surface area (TPSA) is 62.5 Å². The third-order valence-corrected chi connectivity index (χ3v) is 5.38. The van der Waals surface area contributed by atoms with Gasteiger partial charge in [-0.2, -0.15) is 11.3 Å². The van der Waals surface area contributed by atoms with Gasteiger partial charge in [0, 0.05) is 17.1 Å². The number of hydrogen-bond donors (Lipinski definition) is 2. The Morgan fingerprint density at radius 3 is 2.61 bits per heavy atom. The van der Waals surface area contributed by atoms with Crippen LogP contribution >= 0.6 is 11.3 Å². The Hall–Kier alpha value is -2.80. The normalized spacial score (nSPS) is 12.4. The average Bonchev–Trinajstić information content (AvgIpc) is 3.24. The molecule has 0 bridgehead atoms. The minimum Gasteiger partial charge on any atom is -0.394 e. The van der Waals surface area contributed by atoms with E-state index in [0.717, 1.165) is 11.1 Å². The summed E-state index contributed by atoms with van der Waals surface area (Å²) in [6, 6.07) is 13.8. The molecule has 4 aromatic rings. The number of aromatic nitrogens is 1. The van der Waals surface area contributed by atoms with E-state index in [1.54, 1.807) is 35.7 Å². The van der Waals surface area contributed by atoms with Crippen LogP contribution in [0, 0.1) is 5.82 Å². The Labute approximate surface area is 164 Å². The number of hydrogen-bond acceptors (Lipinski definition) is 4. The van der Waals surface area contributed by atoms with Gasteiger partial charge >= 0.3 is 0 Å².